The first kappa shape index (κ1) is 7.06. The summed E-state index contributed by atoms with van der Waals surface area (Å²) >= 11 is 8.97. The van der Waals surface area contributed by atoms with Crippen LogP contribution in [0.2, 0.25) is 5.02 Å². The zero-order valence-electron chi connectivity index (χ0n) is 5.33. The number of pyridine rings is 1. The lowest BCUT2D eigenvalue weighted by Gasteiger charge is -1.91. The van der Waals surface area contributed by atoms with E-state index in [0.29, 0.717) is 9.76 Å². The molecule has 0 N–H and O–H groups in total. The molecule has 0 aliphatic heterocycles. The minimum absolute atomic E-state index is 0.664. The SMILES string of the molecule is Clc1ccn2c(Br)nnc2c1. The lowest BCUT2D eigenvalue weighted by Crippen LogP contribution is -1.82. The molecule has 0 aliphatic rings. The van der Waals surface area contributed by atoms with Crippen LogP contribution in [0.25, 0.3) is 5.65 Å². The van der Waals surface area contributed by atoms with Crippen LogP contribution in [0.15, 0.2) is 23.1 Å². The van der Waals surface area contributed by atoms with Crippen molar-refractivity contribution in [2.24, 2.45) is 0 Å². The maximum absolute atomic E-state index is 5.73. The highest BCUT2D eigenvalue weighted by Crippen LogP contribution is 2.14. The first-order valence-corrected chi connectivity index (χ1v) is 4.10. The van der Waals surface area contributed by atoms with Crippen LogP contribution < -0.4 is 0 Å². The lowest BCUT2D eigenvalue weighted by atomic mass is 10.5. The smallest absolute Gasteiger partial charge is 0.204 e. The molecule has 0 saturated carbocycles. The van der Waals surface area contributed by atoms with Crippen molar-refractivity contribution >= 4 is 33.2 Å². The predicted octanol–water partition coefficient (Wildman–Crippen LogP) is 2.15. The van der Waals surface area contributed by atoms with Gasteiger partial charge in [0.15, 0.2) is 5.65 Å². The molecule has 0 bridgehead atoms. The monoisotopic (exact) mass is 231 g/mol. The molecule has 2 heterocycles. The molecule has 0 amide bonds. The highest BCUT2D eigenvalue weighted by Gasteiger charge is 2.00. The topological polar surface area (TPSA) is 30.2 Å². The zero-order chi connectivity index (χ0) is 7.84. The van der Waals surface area contributed by atoms with E-state index in [4.69, 9.17) is 11.6 Å². The molecule has 0 aliphatic carbocycles. The van der Waals surface area contributed by atoms with Crippen LogP contribution in [0.5, 0.6) is 0 Å². The van der Waals surface area contributed by atoms with E-state index in [-0.39, 0.29) is 0 Å². The largest absolute Gasteiger partial charge is 0.277 e. The highest BCUT2D eigenvalue weighted by atomic mass is 79.9. The van der Waals surface area contributed by atoms with E-state index in [2.05, 4.69) is 26.1 Å². The highest BCUT2D eigenvalue weighted by molar-refractivity contribution is 9.10. The van der Waals surface area contributed by atoms with Gasteiger partial charge in [-0.3, -0.25) is 4.40 Å². The molecule has 0 unspecified atom stereocenters. The van der Waals surface area contributed by atoms with Crippen molar-refractivity contribution in [3.05, 3.63) is 28.1 Å². The van der Waals surface area contributed by atoms with Crippen LogP contribution in [-0.2, 0) is 0 Å². The fraction of sp³-hybridized carbons (Fsp3) is 0. The van der Waals surface area contributed by atoms with Crippen molar-refractivity contribution < 1.29 is 0 Å². The third-order valence-corrected chi connectivity index (χ3v) is 2.11. The van der Waals surface area contributed by atoms with Gasteiger partial charge in [0.05, 0.1) is 0 Å². The molecule has 0 spiro atoms. The minimum Gasteiger partial charge on any atom is -0.277 e. The van der Waals surface area contributed by atoms with E-state index in [1.807, 2.05) is 6.20 Å². The Hall–Kier alpha value is -0.610. The fourth-order valence-electron chi connectivity index (χ4n) is 0.837. The summed E-state index contributed by atoms with van der Waals surface area (Å²) in [6.07, 6.45) is 1.81. The second-order valence-electron chi connectivity index (χ2n) is 2.04. The Labute approximate surface area is 76.1 Å². The van der Waals surface area contributed by atoms with Crippen LogP contribution in [-0.4, -0.2) is 14.6 Å². The van der Waals surface area contributed by atoms with E-state index >= 15 is 0 Å². The number of fused-ring (bicyclic) bond motifs is 1. The Morgan fingerprint density at radius 3 is 3.09 bits per heavy atom. The summed E-state index contributed by atoms with van der Waals surface area (Å²) in [5.74, 6) is 0. The number of hydrogen-bond acceptors (Lipinski definition) is 2. The minimum atomic E-state index is 0.664. The third-order valence-electron chi connectivity index (χ3n) is 1.33. The Kier molecular flexibility index (Phi) is 1.58. The molecule has 2 aromatic rings. The zero-order valence-corrected chi connectivity index (χ0v) is 7.67. The fourth-order valence-corrected chi connectivity index (χ4v) is 1.37. The van der Waals surface area contributed by atoms with Crippen molar-refractivity contribution in [3.63, 3.8) is 0 Å². The Bertz CT molecular complexity index is 398. The summed E-state index contributed by atoms with van der Waals surface area (Å²) < 4.78 is 2.48. The van der Waals surface area contributed by atoms with Gasteiger partial charge in [-0.15, -0.1) is 10.2 Å². The Morgan fingerprint density at radius 1 is 1.45 bits per heavy atom. The van der Waals surface area contributed by atoms with Gasteiger partial charge in [-0.2, -0.15) is 0 Å². The number of aromatic nitrogens is 3. The van der Waals surface area contributed by atoms with Crippen LogP contribution in [0, 0.1) is 0 Å². The quantitative estimate of drug-likeness (QED) is 0.697. The van der Waals surface area contributed by atoms with Gasteiger partial charge < -0.3 is 0 Å². The number of hydrogen-bond donors (Lipinski definition) is 0. The van der Waals surface area contributed by atoms with Crippen molar-refractivity contribution in [1.29, 1.82) is 0 Å². The molecule has 2 rings (SSSR count). The molecular weight excluding hydrogens is 229 g/mol. The Balaban J connectivity index is 2.86. The average molecular weight is 232 g/mol. The van der Waals surface area contributed by atoms with Crippen molar-refractivity contribution in [2.45, 2.75) is 0 Å². The number of rotatable bonds is 0. The molecule has 3 nitrogen and oxygen atoms in total. The molecule has 0 atom stereocenters. The maximum atomic E-state index is 5.73. The molecule has 0 saturated heterocycles. The molecule has 11 heavy (non-hydrogen) atoms. The van der Waals surface area contributed by atoms with Crippen LogP contribution >= 0.6 is 27.5 Å². The molecular formula is C6H3BrClN3. The summed E-state index contributed by atoms with van der Waals surface area (Å²) in [6, 6.07) is 3.53. The molecule has 0 radical (unpaired) electrons. The molecule has 2 aromatic heterocycles. The van der Waals surface area contributed by atoms with Crippen molar-refractivity contribution in [3.8, 4) is 0 Å². The van der Waals surface area contributed by atoms with E-state index in [1.165, 1.54) is 0 Å². The van der Waals surface area contributed by atoms with Gasteiger partial charge in [0.2, 0.25) is 4.73 Å². The van der Waals surface area contributed by atoms with Gasteiger partial charge in [0.1, 0.15) is 0 Å². The summed E-state index contributed by atoms with van der Waals surface area (Å²) in [5, 5.41) is 8.33. The first-order valence-electron chi connectivity index (χ1n) is 2.93. The average Bonchev–Trinajstić information content (AvgIpc) is 2.32. The lowest BCUT2D eigenvalue weighted by molar-refractivity contribution is 1.05. The van der Waals surface area contributed by atoms with Crippen molar-refractivity contribution in [2.75, 3.05) is 0 Å². The molecule has 0 aromatic carbocycles. The van der Waals surface area contributed by atoms with Gasteiger partial charge in [-0.1, -0.05) is 11.6 Å². The third kappa shape index (κ3) is 1.12. The van der Waals surface area contributed by atoms with E-state index in [9.17, 15) is 0 Å². The van der Waals surface area contributed by atoms with Gasteiger partial charge in [-0.05, 0) is 22.0 Å². The van der Waals surface area contributed by atoms with E-state index in [1.54, 1.807) is 16.5 Å². The number of nitrogens with zero attached hydrogens (tertiary/aromatic N) is 3. The maximum Gasteiger partial charge on any atom is 0.204 e. The summed E-state index contributed by atoms with van der Waals surface area (Å²) in [6.45, 7) is 0. The second kappa shape index (κ2) is 2.46. The molecule has 0 fully saturated rings. The van der Waals surface area contributed by atoms with Gasteiger partial charge in [0, 0.05) is 17.3 Å². The predicted molar refractivity (Wildman–Crippen MR) is 45.7 cm³/mol. The Morgan fingerprint density at radius 2 is 2.27 bits per heavy atom. The van der Waals surface area contributed by atoms with E-state index < -0.39 is 0 Å². The van der Waals surface area contributed by atoms with Crippen LogP contribution in [0.1, 0.15) is 0 Å². The van der Waals surface area contributed by atoms with Crippen molar-refractivity contribution in [1.82, 2.24) is 14.6 Å². The first-order chi connectivity index (χ1) is 5.27. The summed E-state index contributed by atoms with van der Waals surface area (Å²) in [7, 11) is 0. The van der Waals surface area contributed by atoms with Gasteiger partial charge >= 0.3 is 0 Å². The van der Waals surface area contributed by atoms with Gasteiger partial charge in [-0.25, -0.2) is 0 Å². The summed E-state index contributed by atoms with van der Waals surface area (Å²) in [5.41, 5.74) is 0.740. The van der Waals surface area contributed by atoms with E-state index in [0.717, 1.165) is 5.65 Å². The van der Waals surface area contributed by atoms with Crippen LogP contribution in [0.4, 0.5) is 0 Å². The molecule has 56 valence electrons. The normalized spacial score (nSPS) is 10.7. The number of halogens is 2. The standard InChI is InChI=1S/C6H3BrClN3/c7-6-10-9-5-3-4(8)1-2-11(5)6/h1-3H. The van der Waals surface area contributed by atoms with Crippen LogP contribution in [0.3, 0.4) is 0 Å². The molecule has 5 heteroatoms. The second-order valence-corrected chi connectivity index (χ2v) is 3.19. The summed E-state index contributed by atoms with van der Waals surface area (Å²) in [4.78, 5) is 0. The van der Waals surface area contributed by atoms with Gasteiger partial charge in [0.25, 0.3) is 0 Å².